The second kappa shape index (κ2) is 11.1. The molecule has 0 heterocycles. The van der Waals surface area contributed by atoms with Gasteiger partial charge in [-0.3, -0.25) is 14.1 Å². The van der Waals surface area contributed by atoms with Gasteiger partial charge in [0, 0.05) is 6.54 Å². The first-order valence-electron chi connectivity index (χ1n) is 4.83. The Morgan fingerprint density at radius 2 is 2.11 bits per heavy atom. The number of esters is 1. The number of nitrogens with zero attached hydrogens (tertiary/aromatic N) is 1. The van der Waals surface area contributed by atoms with Gasteiger partial charge in [0.1, 0.15) is 0 Å². The zero-order valence-corrected chi connectivity index (χ0v) is 14.2. The van der Waals surface area contributed by atoms with Crippen molar-refractivity contribution in [3.8, 4) is 0 Å². The number of hydrogen-bond acceptors (Lipinski definition) is 5. The molecular formula is C9H16KNO6S. The largest absolute Gasteiger partial charge is 1.00 e. The van der Waals surface area contributed by atoms with Crippen LogP contribution in [0, 0.1) is 0 Å². The molecule has 0 aromatic carbocycles. The van der Waals surface area contributed by atoms with Crippen molar-refractivity contribution >= 4 is 22.5 Å². The van der Waals surface area contributed by atoms with Gasteiger partial charge in [-0.05, 0) is 12.6 Å². The zero-order valence-electron chi connectivity index (χ0n) is 11.2. The maximum Gasteiger partial charge on any atom is 1.00 e. The molecule has 0 saturated carbocycles. The first kappa shape index (κ1) is 20.5. The van der Waals surface area contributed by atoms with E-state index in [1.165, 1.54) is 11.1 Å². The maximum atomic E-state index is 11.1. The second-order valence-corrected chi connectivity index (χ2v) is 4.71. The van der Waals surface area contributed by atoms with Crippen LogP contribution < -0.4 is 51.4 Å². The zero-order chi connectivity index (χ0) is 13.3. The Kier molecular flexibility index (Phi) is 12.7. The van der Waals surface area contributed by atoms with E-state index in [1.54, 1.807) is 0 Å². The standard InChI is InChI=1S/C9H15NO6S.K.H/c1-2-10(8-11)5-4-9(12)16-6-3-7-17(13,14)15;;/h2,8H,1,3-7H2,(H,13,14,15);;/q;+1;-1. The van der Waals surface area contributed by atoms with Gasteiger partial charge < -0.3 is 11.1 Å². The Morgan fingerprint density at radius 3 is 2.56 bits per heavy atom. The number of rotatable bonds is 9. The van der Waals surface area contributed by atoms with Crippen LogP contribution in [0.3, 0.4) is 0 Å². The molecule has 1 amide bonds. The minimum Gasteiger partial charge on any atom is -1.00 e. The molecule has 18 heavy (non-hydrogen) atoms. The molecule has 0 atom stereocenters. The normalized spacial score (nSPS) is 10.1. The summed E-state index contributed by atoms with van der Waals surface area (Å²) in [6.07, 6.45) is 1.83. The molecule has 100 valence electrons. The summed E-state index contributed by atoms with van der Waals surface area (Å²) in [5.41, 5.74) is 0. The Hall–Kier alpha value is 0.226. The van der Waals surface area contributed by atoms with E-state index in [0.29, 0.717) is 6.41 Å². The molecule has 0 saturated heterocycles. The van der Waals surface area contributed by atoms with Crippen molar-refractivity contribution in [3.05, 3.63) is 12.8 Å². The Morgan fingerprint density at radius 1 is 1.50 bits per heavy atom. The molecule has 0 rings (SSSR count). The molecule has 0 aliphatic carbocycles. The molecular weight excluding hydrogens is 289 g/mol. The summed E-state index contributed by atoms with van der Waals surface area (Å²) in [6.45, 7) is 3.43. The summed E-state index contributed by atoms with van der Waals surface area (Å²) in [5.74, 6) is -0.998. The smallest absolute Gasteiger partial charge is 1.00 e. The molecule has 9 heteroatoms. The van der Waals surface area contributed by atoms with Crippen LogP contribution >= 0.6 is 0 Å². The van der Waals surface area contributed by atoms with Gasteiger partial charge in [-0.2, -0.15) is 8.42 Å². The van der Waals surface area contributed by atoms with Crippen molar-refractivity contribution in [3.63, 3.8) is 0 Å². The van der Waals surface area contributed by atoms with Crippen molar-refractivity contribution in [2.45, 2.75) is 12.8 Å². The van der Waals surface area contributed by atoms with Crippen LogP contribution in [0.4, 0.5) is 0 Å². The van der Waals surface area contributed by atoms with E-state index in [-0.39, 0.29) is 78.8 Å². The minimum atomic E-state index is -4.01. The molecule has 1 N–H and O–H groups in total. The number of hydrogen-bond donors (Lipinski definition) is 1. The van der Waals surface area contributed by atoms with Gasteiger partial charge in [0.2, 0.25) is 6.41 Å². The molecule has 0 unspecified atom stereocenters. The first-order chi connectivity index (χ1) is 7.89. The molecule has 0 aliphatic rings. The SMILES string of the molecule is C=CN(C=O)CCC(=O)OCCCS(=O)(=O)O.[H-].[K+]. The average Bonchev–Trinajstić information content (AvgIpc) is 2.24. The van der Waals surface area contributed by atoms with Crippen LogP contribution in [-0.2, 0) is 24.4 Å². The number of amides is 1. The third kappa shape index (κ3) is 12.7. The number of ether oxygens (including phenoxy) is 1. The summed E-state index contributed by atoms with van der Waals surface area (Å²) < 4.78 is 33.7. The maximum absolute atomic E-state index is 11.1. The van der Waals surface area contributed by atoms with Crippen molar-refractivity contribution in [1.29, 1.82) is 0 Å². The molecule has 0 aromatic rings. The quantitative estimate of drug-likeness (QED) is 0.159. The second-order valence-electron chi connectivity index (χ2n) is 3.14. The minimum absolute atomic E-state index is 0. The van der Waals surface area contributed by atoms with Crippen molar-refractivity contribution in [2.24, 2.45) is 0 Å². The summed E-state index contributed by atoms with van der Waals surface area (Å²) >= 11 is 0. The van der Waals surface area contributed by atoms with Gasteiger partial charge in [0.05, 0.1) is 18.8 Å². The van der Waals surface area contributed by atoms with Crippen LogP contribution in [-0.4, -0.2) is 49.2 Å². The summed E-state index contributed by atoms with van der Waals surface area (Å²) in [7, 11) is -4.01. The number of carbonyl (C=O) groups is 2. The van der Waals surface area contributed by atoms with Gasteiger partial charge in [0.15, 0.2) is 0 Å². The first-order valence-corrected chi connectivity index (χ1v) is 6.44. The van der Waals surface area contributed by atoms with Crippen LogP contribution in [0.1, 0.15) is 14.3 Å². The fourth-order valence-electron chi connectivity index (χ4n) is 0.907. The van der Waals surface area contributed by atoms with E-state index in [4.69, 9.17) is 4.55 Å². The molecule has 0 aliphatic heterocycles. The van der Waals surface area contributed by atoms with Crippen LogP contribution in [0.5, 0.6) is 0 Å². The van der Waals surface area contributed by atoms with Crippen LogP contribution in [0.25, 0.3) is 0 Å². The molecule has 0 aromatic heterocycles. The van der Waals surface area contributed by atoms with Crippen LogP contribution in [0.2, 0.25) is 0 Å². The van der Waals surface area contributed by atoms with Gasteiger partial charge >= 0.3 is 57.4 Å². The van der Waals surface area contributed by atoms with Crippen molar-refractivity contribution in [2.75, 3.05) is 18.9 Å². The van der Waals surface area contributed by atoms with Crippen molar-refractivity contribution in [1.82, 2.24) is 4.90 Å². The Balaban J connectivity index is -0.00000128. The topological polar surface area (TPSA) is 101 Å². The summed E-state index contributed by atoms with van der Waals surface area (Å²) in [5, 5.41) is 0. The van der Waals surface area contributed by atoms with E-state index in [2.05, 4.69) is 11.3 Å². The Labute approximate surface area is 150 Å². The van der Waals surface area contributed by atoms with Crippen LogP contribution in [0.15, 0.2) is 12.8 Å². The van der Waals surface area contributed by atoms with E-state index in [1.807, 2.05) is 0 Å². The predicted molar refractivity (Wildman–Crippen MR) is 60.7 cm³/mol. The molecule has 0 radical (unpaired) electrons. The summed E-state index contributed by atoms with van der Waals surface area (Å²) in [6, 6.07) is 0. The van der Waals surface area contributed by atoms with E-state index in [9.17, 15) is 18.0 Å². The van der Waals surface area contributed by atoms with E-state index >= 15 is 0 Å². The molecule has 7 nitrogen and oxygen atoms in total. The fraction of sp³-hybridized carbons (Fsp3) is 0.556. The molecule has 0 bridgehead atoms. The van der Waals surface area contributed by atoms with E-state index < -0.39 is 21.8 Å². The molecule has 0 spiro atoms. The summed E-state index contributed by atoms with van der Waals surface area (Å²) in [4.78, 5) is 22.6. The third-order valence-corrected chi connectivity index (χ3v) is 2.56. The van der Waals surface area contributed by atoms with Crippen molar-refractivity contribution < 1.29 is 80.1 Å². The van der Waals surface area contributed by atoms with Gasteiger partial charge in [-0.1, -0.05) is 6.58 Å². The van der Waals surface area contributed by atoms with Gasteiger partial charge in [0.25, 0.3) is 10.1 Å². The number of carbonyl (C=O) groups excluding carboxylic acids is 2. The molecule has 0 fully saturated rings. The van der Waals surface area contributed by atoms with Gasteiger partial charge in [-0.15, -0.1) is 0 Å². The fourth-order valence-corrected chi connectivity index (χ4v) is 1.39. The predicted octanol–water partition coefficient (Wildman–Crippen LogP) is -3.08. The monoisotopic (exact) mass is 305 g/mol. The van der Waals surface area contributed by atoms with Gasteiger partial charge in [-0.25, -0.2) is 0 Å². The third-order valence-electron chi connectivity index (χ3n) is 1.75. The van der Waals surface area contributed by atoms with E-state index in [0.717, 1.165) is 0 Å². The average molecular weight is 305 g/mol. The Bertz CT molecular complexity index is 367.